The second-order valence-corrected chi connectivity index (χ2v) is 6.04. The van der Waals surface area contributed by atoms with Crippen LogP contribution in [-0.4, -0.2) is 50.2 Å². The summed E-state index contributed by atoms with van der Waals surface area (Å²) in [6.45, 7) is 5.20. The highest BCUT2D eigenvalue weighted by Crippen LogP contribution is 2.20. The van der Waals surface area contributed by atoms with Crippen LogP contribution in [0.3, 0.4) is 0 Å². The molecule has 0 radical (unpaired) electrons. The maximum absolute atomic E-state index is 13.0. The van der Waals surface area contributed by atoms with Crippen molar-refractivity contribution in [2.75, 3.05) is 44.3 Å². The Morgan fingerprint density at radius 3 is 2.31 bits per heavy atom. The van der Waals surface area contributed by atoms with Crippen LogP contribution in [0.15, 0.2) is 48.5 Å². The molecule has 0 saturated carbocycles. The third-order valence-electron chi connectivity index (χ3n) is 4.30. The van der Waals surface area contributed by atoms with E-state index in [9.17, 15) is 9.18 Å². The van der Waals surface area contributed by atoms with Crippen LogP contribution in [0, 0.1) is 5.82 Å². The standard InChI is InChI=1S/C20H23FN2O3/c1-2-25-18-4-3-5-19(14-18)26-15-20(24)23-12-10-22(11-13-23)17-8-6-16(21)7-9-17/h3-9,14H,2,10-13,15H2,1H3. The van der Waals surface area contributed by atoms with Crippen molar-refractivity contribution in [3.8, 4) is 11.5 Å². The zero-order chi connectivity index (χ0) is 18.4. The SMILES string of the molecule is CCOc1cccc(OCC(=O)N2CCN(c3ccc(F)cc3)CC2)c1. The number of rotatable bonds is 6. The van der Waals surface area contributed by atoms with E-state index in [1.54, 1.807) is 23.1 Å². The second-order valence-electron chi connectivity index (χ2n) is 6.04. The summed E-state index contributed by atoms with van der Waals surface area (Å²) in [6, 6.07) is 13.7. The van der Waals surface area contributed by atoms with Crippen molar-refractivity contribution in [2.24, 2.45) is 0 Å². The van der Waals surface area contributed by atoms with Gasteiger partial charge in [-0.2, -0.15) is 0 Å². The highest BCUT2D eigenvalue weighted by Gasteiger charge is 2.21. The summed E-state index contributed by atoms with van der Waals surface area (Å²) in [7, 11) is 0. The van der Waals surface area contributed by atoms with Crippen molar-refractivity contribution in [2.45, 2.75) is 6.92 Å². The summed E-state index contributed by atoms with van der Waals surface area (Å²) >= 11 is 0. The predicted octanol–water partition coefficient (Wildman–Crippen LogP) is 2.95. The van der Waals surface area contributed by atoms with E-state index in [4.69, 9.17) is 9.47 Å². The molecule has 3 rings (SSSR count). The van der Waals surface area contributed by atoms with E-state index in [1.165, 1.54) is 12.1 Å². The van der Waals surface area contributed by atoms with Gasteiger partial charge in [0.1, 0.15) is 17.3 Å². The number of benzene rings is 2. The first-order valence-electron chi connectivity index (χ1n) is 8.79. The van der Waals surface area contributed by atoms with Crippen LogP contribution in [0.5, 0.6) is 11.5 Å². The fourth-order valence-corrected chi connectivity index (χ4v) is 2.92. The highest BCUT2D eigenvalue weighted by molar-refractivity contribution is 5.78. The molecular formula is C20H23FN2O3. The van der Waals surface area contributed by atoms with Gasteiger partial charge in [-0.3, -0.25) is 4.79 Å². The zero-order valence-corrected chi connectivity index (χ0v) is 14.9. The Balaban J connectivity index is 1.47. The topological polar surface area (TPSA) is 42.0 Å². The fourth-order valence-electron chi connectivity index (χ4n) is 2.92. The summed E-state index contributed by atoms with van der Waals surface area (Å²) < 4.78 is 24.1. The number of carbonyl (C=O) groups is 1. The van der Waals surface area contributed by atoms with Gasteiger partial charge in [-0.05, 0) is 43.3 Å². The lowest BCUT2D eigenvalue weighted by molar-refractivity contribution is -0.133. The van der Waals surface area contributed by atoms with E-state index in [0.29, 0.717) is 25.4 Å². The maximum atomic E-state index is 13.0. The normalized spacial score (nSPS) is 14.2. The van der Waals surface area contributed by atoms with Gasteiger partial charge < -0.3 is 19.3 Å². The molecule has 1 aliphatic rings. The molecule has 2 aromatic carbocycles. The van der Waals surface area contributed by atoms with Crippen LogP contribution in [0.1, 0.15) is 6.92 Å². The first kappa shape index (κ1) is 18.0. The van der Waals surface area contributed by atoms with Crippen molar-refractivity contribution in [3.05, 3.63) is 54.3 Å². The van der Waals surface area contributed by atoms with E-state index in [1.807, 2.05) is 25.1 Å². The monoisotopic (exact) mass is 358 g/mol. The molecule has 0 atom stereocenters. The largest absolute Gasteiger partial charge is 0.494 e. The Morgan fingerprint density at radius 2 is 1.65 bits per heavy atom. The molecule has 0 aromatic heterocycles. The smallest absolute Gasteiger partial charge is 0.260 e. The number of halogens is 1. The molecule has 2 aromatic rings. The summed E-state index contributed by atoms with van der Waals surface area (Å²) in [5.41, 5.74) is 0.975. The Kier molecular flexibility index (Phi) is 5.94. The van der Waals surface area contributed by atoms with Crippen molar-refractivity contribution in [1.82, 2.24) is 4.90 Å². The number of hydrogen-bond acceptors (Lipinski definition) is 4. The number of amides is 1. The number of anilines is 1. The fraction of sp³-hybridized carbons (Fsp3) is 0.350. The van der Waals surface area contributed by atoms with E-state index in [-0.39, 0.29) is 18.3 Å². The van der Waals surface area contributed by atoms with Crippen LogP contribution >= 0.6 is 0 Å². The number of carbonyl (C=O) groups excluding carboxylic acids is 1. The quantitative estimate of drug-likeness (QED) is 0.796. The van der Waals surface area contributed by atoms with Crippen LogP contribution in [0.4, 0.5) is 10.1 Å². The van der Waals surface area contributed by atoms with Gasteiger partial charge in [0.05, 0.1) is 6.61 Å². The van der Waals surface area contributed by atoms with Gasteiger partial charge in [0, 0.05) is 37.9 Å². The van der Waals surface area contributed by atoms with Crippen molar-refractivity contribution in [1.29, 1.82) is 0 Å². The van der Waals surface area contributed by atoms with Crippen LogP contribution < -0.4 is 14.4 Å². The maximum Gasteiger partial charge on any atom is 0.260 e. The Morgan fingerprint density at radius 1 is 1.00 bits per heavy atom. The van der Waals surface area contributed by atoms with Crippen molar-refractivity contribution >= 4 is 11.6 Å². The molecule has 0 unspecified atom stereocenters. The lowest BCUT2D eigenvalue weighted by Gasteiger charge is -2.36. The van der Waals surface area contributed by atoms with Gasteiger partial charge >= 0.3 is 0 Å². The summed E-state index contributed by atoms with van der Waals surface area (Å²) in [5, 5.41) is 0. The van der Waals surface area contributed by atoms with Gasteiger partial charge in [-0.1, -0.05) is 6.07 Å². The average Bonchev–Trinajstić information content (AvgIpc) is 2.67. The van der Waals surface area contributed by atoms with Crippen LogP contribution in [0.25, 0.3) is 0 Å². The van der Waals surface area contributed by atoms with Gasteiger partial charge in [0.25, 0.3) is 5.91 Å². The van der Waals surface area contributed by atoms with E-state index in [0.717, 1.165) is 24.5 Å². The summed E-state index contributed by atoms with van der Waals surface area (Å²) in [6.07, 6.45) is 0. The Labute approximate surface area is 152 Å². The molecule has 0 aliphatic carbocycles. The first-order valence-corrected chi connectivity index (χ1v) is 8.79. The second kappa shape index (κ2) is 8.56. The third-order valence-corrected chi connectivity index (χ3v) is 4.30. The molecule has 1 amide bonds. The molecule has 0 bridgehead atoms. The molecule has 1 saturated heterocycles. The molecule has 1 fully saturated rings. The zero-order valence-electron chi connectivity index (χ0n) is 14.9. The van der Waals surface area contributed by atoms with Crippen LogP contribution in [-0.2, 0) is 4.79 Å². The molecule has 138 valence electrons. The van der Waals surface area contributed by atoms with Crippen molar-refractivity contribution < 1.29 is 18.7 Å². The number of piperazine rings is 1. The first-order chi connectivity index (χ1) is 12.7. The molecule has 1 aliphatic heterocycles. The minimum atomic E-state index is -0.242. The minimum absolute atomic E-state index is 0.00608. The number of nitrogens with zero attached hydrogens (tertiary/aromatic N) is 2. The Bertz CT molecular complexity index is 728. The molecule has 26 heavy (non-hydrogen) atoms. The molecule has 1 heterocycles. The average molecular weight is 358 g/mol. The lowest BCUT2D eigenvalue weighted by atomic mass is 10.2. The number of hydrogen-bond donors (Lipinski definition) is 0. The van der Waals surface area contributed by atoms with Gasteiger partial charge in [-0.15, -0.1) is 0 Å². The molecular weight excluding hydrogens is 335 g/mol. The van der Waals surface area contributed by atoms with Gasteiger partial charge in [0.15, 0.2) is 6.61 Å². The summed E-state index contributed by atoms with van der Waals surface area (Å²) in [5.74, 6) is 1.07. The molecule has 0 spiro atoms. The Hall–Kier alpha value is -2.76. The van der Waals surface area contributed by atoms with Gasteiger partial charge in [-0.25, -0.2) is 4.39 Å². The molecule has 6 heteroatoms. The summed E-state index contributed by atoms with van der Waals surface area (Å²) in [4.78, 5) is 16.3. The van der Waals surface area contributed by atoms with Gasteiger partial charge in [0.2, 0.25) is 0 Å². The minimum Gasteiger partial charge on any atom is -0.494 e. The van der Waals surface area contributed by atoms with Crippen LogP contribution in [0.2, 0.25) is 0 Å². The predicted molar refractivity (Wildman–Crippen MR) is 98.3 cm³/mol. The lowest BCUT2D eigenvalue weighted by Crippen LogP contribution is -2.50. The van der Waals surface area contributed by atoms with E-state index in [2.05, 4.69) is 4.90 Å². The van der Waals surface area contributed by atoms with E-state index >= 15 is 0 Å². The van der Waals surface area contributed by atoms with Crippen molar-refractivity contribution in [3.63, 3.8) is 0 Å². The molecule has 0 N–H and O–H groups in total. The molecule has 5 nitrogen and oxygen atoms in total. The third kappa shape index (κ3) is 4.65. The highest BCUT2D eigenvalue weighted by atomic mass is 19.1. The van der Waals surface area contributed by atoms with E-state index < -0.39 is 0 Å². The number of ether oxygens (including phenoxy) is 2.